The van der Waals surface area contributed by atoms with E-state index in [2.05, 4.69) is 127 Å². The van der Waals surface area contributed by atoms with Crippen molar-refractivity contribution in [2.24, 2.45) is 0 Å². The van der Waals surface area contributed by atoms with E-state index in [0.717, 1.165) is 22.9 Å². The van der Waals surface area contributed by atoms with Gasteiger partial charge in [-0.3, -0.25) is 0 Å². The topological polar surface area (TPSA) is 17.4 Å². The third-order valence-electron chi connectivity index (χ3n) is 9.74. The number of hydrogen-bond donors (Lipinski definition) is 0. The van der Waals surface area contributed by atoms with Crippen molar-refractivity contribution in [2.75, 3.05) is 4.90 Å². The molecule has 0 spiro atoms. The van der Waals surface area contributed by atoms with E-state index in [4.69, 9.17) is 4.74 Å². The monoisotopic (exact) mass is 512 g/mol. The van der Waals surface area contributed by atoms with Gasteiger partial charge in [-0.25, -0.2) is 0 Å². The molecule has 1 aliphatic carbocycles. The molecule has 5 aromatic carbocycles. The molecule has 40 heavy (non-hydrogen) atoms. The highest BCUT2D eigenvalue weighted by Gasteiger charge is 2.49. The number of para-hydroxylation sites is 4. The summed E-state index contributed by atoms with van der Waals surface area (Å²) in [5.74, 6) is 1.82. The predicted molar refractivity (Wildman–Crippen MR) is 165 cm³/mol. The summed E-state index contributed by atoms with van der Waals surface area (Å²) in [6.07, 6.45) is 0. The van der Waals surface area contributed by atoms with Gasteiger partial charge in [-0.15, -0.1) is 0 Å². The van der Waals surface area contributed by atoms with Crippen molar-refractivity contribution in [2.45, 2.75) is 26.2 Å². The van der Waals surface area contributed by atoms with Crippen molar-refractivity contribution in [1.29, 1.82) is 0 Å². The van der Waals surface area contributed by atoms with Gasteiger partial charge >= 0.3 is 6.85 Å². The largest absolute Gasteiger partial charge is 0.453 e. The minimum Gasteiger partial charge on any atom is -0.453 e. The molecule has 0 atom stereocenters. The van der Waals surface area contributed by atoms with Crippen LogP contribution in [0.3, 0.4) is 0 Å². The van der Waals surface area contributed by atoms with Gasteiger partial charge in [-0.2, -0.15) is 0 Å². The van der Waals surface area contributed by atoms with E-state index >= 15 is 0 Å². The highest BCUT2D eigenvalue weighted by Crippen LogP contribution is 2.57. The van der Waals surface area contributed by atoms with Crippen LogP contribution < -0.4 is 20.6 Å². The Bertz CT molecular complexity index is 2150. The molecule has 4 heteroatoms. The van der Waals surface area contributed by atoms with Gasteiger partial charge < -0.3 is 14.1 Å². The van der Waals surface area contributed by atoms with Crippen LogP contribution in [0.2, 0.25) is 0 Å². The van der Waals surface area contributed by atoms with Gasteiger partial charge in [-0.1, -0.05) is 86.6 Å². The van der Waals surface area contributed by atoms with Crippen LogP contribution in [-0.4, -0.2) is 11.3 Å². The molecule has 0 radical (unpaired) electrons. The smallest absolute Gasteiger partial charge is 0.333 e. The summed E-state index contributed by atoms with van der Waals surface area (Å²) in [7, 11) is 0. The molecule has 0 saturated carbocycles. The number of benzene rings is 5. The first-order valence-corrected chi connectivity index (χ1v) is 14.2. The first-order chi connectivity index (χ1) is 19.5. The van der Waals surface area contributed by atoms with Gasteiger partial charge in [0.25, 0.3) is 0 Å². The molecule has 4 heterocycles. The minimum atomic E-state index is -0.0812. The lowest BCUT2D eigenvalue weighted by atomic mass is 9.45. The fraction of sp³-hybridized carbons (Fsp3) is 0.111. The van der Waals surface area contributed by atoms with Crippen molar-refractivity contribution >= 4 is 45.7 Å². The second kappa shape index (κ2) is 6.71. The number of anilines is 3. The van der Waals surface area contributed by atoms with Crippen LogP contribution in [0.15, 0.2) is 97.1 Å². The first-order valence-electron chi connectivity index (χ1n) is 14.2. The van der Waals surface area contributed by atoms with E-state index in [1.165, 1.54) is 66.6 Å². The van der Waals surface area contributed by atoms with Gasteiger partial charge in [0, 0.05) is 38.8 Å². The van der Waals surface area contributed by atoms with Crippen molar-refractivity contribution in [3.05, 3.63) is 114 Å². The van der Waals surface area contributed by atoms with Crippen molar-refractivity contribution in [3.8, 4) is 33.9 Å². The lowest BCUT2D eigenvalue weighted by Crippen LogP contribution is -2.57. The Hall–Kier alpha value is -4.70. The number of aryl methyl sites for hydroxylation is 1. The Morgan fingerprint density at radius 2 is 1.50 bits per heavy atom. The number of hydrogen-bond acceptors (Lipinski definition) is 2. The maximum atomic E-state index is 6.57. The SMILES string of the molecule is Cc1cc2c3c(c1)N1c4ccccc4Oc4cccc(c41)B3n1c3c(c4cccc-2c41)C(C)(C)c1ccccc1-3. The normalized spacial score (nSPS) is 15.7. The van der Waals surface area contributed by atoms with Crippen molar-refractivity contribution < 1.29 is 4.74 Å². The van der Waals surface area contributed by atoms with Crippen LogP contribution >= 0.6 is 0 Å². The molecular weight excluding hydrogens is 487 g/mol. The Morgan fingerprint density at radius 3 is 2.42 bits per heavy atom. The lowest BCUT2D eigenvalue weighted by Gasteiger charge is -2.43. The molecule has 0 bridgehead atoms. The molecule has 6 aromatic rings. The third-order valence-corrected chi connectivity index (χ3v) is 9.74. The molecule has 0 saturated heterocycles. The van der Waals surface area contributed by atoms with Crippen LogP contribution in [0.5, 0.6) is 11.5 Å². The Morgan fingerprint density at radius 1 is 0.725 bits per heavy atom. The maximum absolute atomic E-state index is 6.57. The average Bonchev–Trinajstić information content (AvgIpc) is 3.44. The molecular formula is C36H25BN2O. The standard InChI is InChI=1S/C36H25BN2O/c1-20-18-24-21-11-8-12-23-31-34(22-10-4-5-13-25(22)36(31,2)3)39(33(21)23)37-26-14-9-17-30-35(26)38(28(19-20)32(24)37)27-15-6-7-16-29(27)40-30/h4-19H,1-3H3. The molecule has 10 rings (SSSR count). The van der Waals surface area contributed by atoms with Crippen LogP contribution in [0.25, 0.3) is 33.3 Å². The zero-order valence-electron chi connectivity index (χ0n) is 22.6. The molecule has 0 fully saturated rings. The Labute approximate surface area is 233 Å². The van der Waals surface area contributed by atoms with Crippen molar-refractivity contribution in [1.82, 2.24) is 4.48 Å². The second-order valence-corrected chi connectivity index (χ2v) is 12.2. The van der Waals surface area contributed by atoms with E-state index in [0.29, 0.717) is 0 Å². The lowest BCUT2D eigenvalue weighted by molar-refractivity contribution is 0.477. The molecule has 0 unspecified atom stereocenters. The highest BCUT2D eigenvalue weighted by atomic mass is 16.5. The van der Waals surface area contributed by atoms with Gasteiger partial charge in [-0.05, 0) is 64.4 Å². The van der Waals surface area contributed by atoms with Crippen LogP contribution in [0, 0.1) is 6.92 Å². The Balaban J connectivity index is 1.42. The quantitative estimate of drug-likeness (QED) is 0.193. The summed E-state index contributed by atoms with van der Waals surface area (Å²) in [4.78, 5) is 2.46. The number of aromatic nitrogens is 1. The zero-order valence-corrected chi connectivity index (χ0v) is 22.6. The number of nitrogens with zero attached hydrogens (tertiary/aromatic N) is 2. The summed E-state index contributed by atoms with van der Waals surface area (Å²) in [6.45, 7) is 7.07. The van der Waals surface area contributed by atoms with Crippen LogP contribution in [0.1, 0.15) is 30.5 Å². The number of fused-ring (bicyclic) bond motifs is 11. The molecule has 4 aliphatic rings. The molecule has 3 nitrogen and oxygen atoms in total. The first kappa shape index (κ1) is 21.2. The summed E-state index contributed by atoms with van der Waals surface area (Å²) in [5.41, 5.74) is 17.0. The summed E-state index contributed by atoms with van der Waals surface area (Å²) < 4.78 is 9.25. The van der Waals surface area contributed by atoms with Gasteiger partial charge in [0.05, 0.1) is 11.4 Å². The molecule has 1 aromatic heterocycles. The van der Waals surface area contributed by atoms with Crippen LogP contribution in [-0.2, 0) is 5.41 Å². The number of rotatable bonds is 0. The molecule has 3 aliphatic heterocycles. The Kier molecular flexibility index (Phi) is 3.55. The predicted octanol–water partition coefficient (Wildman–Crippen LogP) is 7.78. The summed E-state index contributed by atoms with van der Waals surface area (Å²) in [6, 6.07) is 35.8. The molecule has 188 valence electrons. The summed E-state index contributed by atoms with van der Waals surface area (Å²) in [5, 5.41) is 1.37. The third kappa shape index (κ3) is 2.21. The fourth-order valence-electron chi connectivity index (χ4n) is 8.30. The fourth-order valence-corrected chi connectivity index (χ4v) is 8.30. The zero-order chi connectivity index (χ0) is 26.5. The average molecular weight is 512 g/mol. The second-order valence-electron chi connectivity index (χ2n) is 12.2. The van der Waals surface area contributed by atoms with Crippen molar-refractivity contribution in [3.63, 3.8) is 0 Å². The highest BCUT2D eigenvalue weighted by molar-refractivity contribution is 6.90. The maximum Gasteiger partial charge on any atom is 0.333 e. The molecule has 0 N–H and O–H groups in total. The van der Waals surface area contributed by atoms with Gasteiger partial charge in [0.15, 0.2) is 11.5 Å². The molecule has 0 amide bonds. The van der Waals surface area contributed by atoms with Crippen LogP contribution in [0.4, 0.5) is 17.1 Å². The summed E-state index contributed by atoms with van der Waals surface area (Å²) >= 11 is 0. The van der Waals surface area contributed by atoms with E-state index in [-0.39, 0.29) is 12.3 Å². The number of ether oxygens (including phenoxy) is 1. The van der Waals surface area contributed by atoms with E-state index in [1.807, 2.05) is 0 Å². The van der Waals surface area contributed by atoms with E-state index in [9.17, 15) is 0 Å². The van der Waals surface area contributed by atoms with Gasteiger partial charge in [0.2, 0.25) is 0 Å². The van der Waals surface area contributed by atoms with Gasteiger partial charge in [0.1, 0.15) is 0 Å². The van der Waals surface area contributed by atoms with E-state index in [1.54, 1.807) is 0 Å². The van der Waals surface area contributed by atoms with E-state index < -0.39 is 0 Å². The minimum absolute atomic E-state index is 0.0498.